The Morgan fingerprint density at radius 2 is 2.28 bits per heavy atom. The fourth-order valence-corrected chi connectivity index (χ4v) is 1.85. The highest BCUT2D eigenvalue weighted by Crippen LogP contribution is 2.23. The van der Waals surface area contributed by atoms with Gasteiger partial charge in [0.05, 0.1) is 26.2 Å². The van der Waals surface area contributed by atoms with E-state index in [0.717, 1.165) is 5.56 Å². The van der Waals surface area contributed by atoms with Crippen molar-refractivity contribution in [2.75, 3.05) is 13.7 Å². The number of carbonyl (C=O) groups is 1. The highest BCUT2D eigenvalue weighted by atomic mass is 16.7. The van der Waals surface area contributed by atoms with Gasteiger partial charge in [-0.2, -0.15) is 0 Å². The SMILES string of the molecule is COC(=O)CC1COC(Cc2ccccc2O)O1. The molecule has 0 aromatic heterocycles. The number of phenols is 1. The average Bonchev–Trinajstić information content (AvgIpc) is 2.79. The molecule has 0 saturated carbocycles. The molecule has 1 aromatic carbocycles. The topological polar surface area (TPSA) is 65.0 Å². The Hall–Kier alpha value is -1.59. The van der Waals surface area contributed by atoms with E-state index >= 15 is 0 Å². The van der Waals surface area contributed by atoms with E-state index in [1.807, 2.05) is 12.1 Å². The van der Waals surface area contributed by atoms with Crippen molar-refractivity contribution in [1.29, 1.82) is 0 Å². The first kappa shape index (κ1) is 12.9. The Balaban J connectivity index is 1.86. The molecule has 1 aromatic rings. The minimum Gasteiger partial charge on any atom is -0.508 e. The van der Waals surface area contributed by atoms with Gasteiger partial charge in [0.25, 0.3) is 0 Å². The molecule has 0 amide bonds. The molecule has 2 atom stereocenters. The smallest absolute Gasteiger partial charge is 0.308 e. The molecule has 2 rings (SSSR count). The number of carbonyl (C=O) groups excluding carboxylic acids is 1. The van der Waals surface area contributed by atoms with Crippen LogP contribution in [0.4, 0.5) is 0 Å². The summed E-state index contributed by atoms with van der Waals surface area (Å²) in [6.45, 7) is 0.368. The van der Waals surface area contributed by atoms with Gasteiger partial charge in [0, 0.05) is 6.42 Å². The highest BCUT2D eigenvalue weighted by Gasteiger charge is 2.28. The average molecular weight is 252 g/mol. The van der Waals surface area contributed by atoms with Crippen LogP contribution in [0.25, 0.3) is 0 Å². The Kier molecular flexibility index (Phi) is 4.17. The zero-order chi connectivity index (χ0) is 13.0. The van der Waals surface area contributed by atoms with Crippen LogP contribution in [0.3, 0.4) is 0 Å². The number of rotatable bonds is 4. The third-order valence-corrected chi connectivity index (χ3v) is 2.81. The van der Waals surface area contributed by atoms with Crippen molar-refractivity contribution in [3.8, 4) is 5.75 Å². The minimum atomic E-state index is -0.423. The van der Waals surface area contributed by atoms with Crippen LogP contribution >= 0.6 is 0 Å². The molecule has 1 aliphatic heterocycles. The number of benzene rings is 1. The first-order chi connectivity index (χ1) is 8.69. The van der Waals surface area contributed by atoms with E-state index in [4.69, 9.17) is 9.47 Å². The molecule has 1 fully saturated rings. The largest absolute Gasteiger partial charge is 0.508 e. The maximum Gasteiger partial charge on any atom is 0.308 e. The second-order valence-electron chi connectivity index (χ2n) is 4.13. The normalized spacial score (nSPS) is 22.9. The van der Waals surface area contributed by atoms with Crippen molar-refractivity contribution in [2.45, 2.75) is 25.2 Å². The van der Waals surface area contributed by atoms with Gasteiger partial charge in [-0.25, -0.2) is 0 Å². The molecule has 98 valence electrons. The lowest BCUT2D eigenvalue weighted by Crippen LogP contribution is -2.18. The zero-order valence-electron chi connectivity index (χ0n) is 10.2. The predicted octanol–water partition coefficient (Wildman–Crippen LogP) is 1.24. The number of methoxy groups -OCH3 is 1. The van der Waals surface area contributed by atoms with Crippen LogP contribution in [0.15, 0.2) is 24.3 Å². The summed E-state index contributed by atoms with van der Waals surface area (Å²) in [5.41, 5.74) is 0.765. The van der Waals surface area contributed by atoms with Crippen molar-refractivity contribution >= 4 is 5.97 Å². The van der Waals surface area contributed by atoms with Crippen molar-refractivity contribution in [3.63, 3.8) is 0 Å². The fourth-order valence-electron chi connectivity index (χ4n) is 1.85. The second kappa shape index (κ2) is 5.84. The van der Waals surface area contributed by atoms with Crippen LogP contribution in [-0.2, 0) is 25.4 Å². The molecule has 2 unspecified atom stereocenters. The molecule has 5 nitrogen and oxygen atoms in total. The van der Waals surface area contributed by atoms with Gasteiger partial charge in [-0.15, -0.1) is 0 Å². The monoisotopic (exact) mass is 252 g/mol. The van der Waals surface area contributed by atoms with E-state index in [0.29, 0.717) is 13.0 Å². The number of para-hydroxylation sites is 1. The van der Waals surface area contributed by atoms with Gasteiger partial charge in [-0.3, -0.25) is 4.79 Å². The van der Waals surface area contributed by atoms with Gasteiger partial charge >= 0.3 is 5.97 Å². The zero-order valence-corrected chi connectivity index (χ0v) is 10.2. The maximum absolute atomic E-state index is 11.1. The Bertz CT molecular complexity index is 418. The number of esters is 1. The predicted molar refractivity (Wildman–Crippen MR) is 63.1 cm³/mol. The van der Waals surface area contributed by atoms with Crippen molar-refractivity contribution in [1.82, 2.24) is 0 Å². The van der Waals surface area contributed by atoms with Gasteiger partial charge in [0.15, 0.2) is 6.29 Å². The van der Waals surface area contributed by atoms with Crippen LogP contribution in [0, 0.1) is 0 Å². The first-order valence-electron chi connectivity index (χ1n) is 5.80. The van der Waals surface area contributed by atoms with E-state index in [2.05, 4.69) is 4.74 Å². The Labute approximate surface area is 105 Å². The summed E-state index contributed by atoms with van der Waals surface area (Å²) in [6, 6.07) is 7.04. The van der Waals surface area contributed by atoms with Gasteiger partial charge in [-0.05, 0) is 11.6 Å². The summed E-state index contributed by atoms with van der Waals surface area (Å²) in [7, 11) is 1.34. The summed E-state index contributed by atoms with van der Waals surface area (Å²) < 4.78 is 15.6. The molecule has 5 heteroatoms. The molecule has 1 heterocycles. The lowest BCUT2D eigenvalue weighted by molar-refractivity contribution is -0.143. The van der Waals surface area contributed by atoms with Crippen LogP contribution < -0.4 is 0 Å². The minimum absolute atomic E-state index is 0.188. The maximum atomic E-state index is 11.1. The molecule has 0 radical (unpaired) electrons. The van der Waals surface area contributed by atoms with E-state index in [-0.39, 0.29) is 24.2 Å². The molecule has 1 N–H and O–H groups in total. The van der Waals surface area contributed by atoms with Crippen LogP contribution in [0.2, 0.25) is 0 Å². The van der Waals surface area contributed by atoms with Crippen LogP contribution in [-0.4, -0.2) is 37.2 Å². The molecule has 18 heavy (non-hydrogen) atoms. The molecular formula is C13H16O5. The van der Waals surface area contributed by atoms with Crippen molar-refractivity contribution in [2.24, 2.45) is 0 Å². The summed E-state index contributed by atoms with van der Waals surface area (Å²) in [5.74, 6) is -0.0899. The van der Waals surface area contributed by atoms with Crippen molar-refractivity contribution < 1.29 is 24.1 Å². The third-order valence-electron chi connectivity index (χ3n) is 2.81. The van der Waals surface area contributed by atoms with Crippen molar-refractivity contribution in [3.05, 3.63) is 29.8 Å². The number of phenolic OH excluding ortho intramolecular Hbond substituents is 1. The lowest BCUT2D eigenvalue weighted by Gasteiger charge is -2.11. The van der Waals surface area contributed by atoms with E-state index in [1.165, 1.54) is 7.11 Å². The number of hydrogen-bond donors (Lipinski definition) is 1. The summed E-state index contributed by atoms with van der Waals surface area (Å²) in [6.07, 6.45) is -0.0424. The Morgan fingerprint density at radius 3 is 3.00 bits per heavy atom. The standard InChI is InChI=1S/C13H16O5/c1-16-12(15)7-10-8-17-13(18-10)6-9-4-2-3-5-11(9)14/h2-5,10,13-14H,6-8H2,1H3. The van der Waals surface area contributed by atoms with Crippen LogP contribution in [0.5, 0.6) is 5.75 Å². The highest BCUT2D eigenvalue weighted by molar-refractivity contribution is 5.69. The van der Waals surface area contributed by atoms with E-state index in [9.17, 15) is 9.90 Å². The van der Waals surface area contributed by atoms with E-state index in [1.54, 1.807) is 12.1 Å². The van der Waals surface area contributed by atoms with Gasteiger partial charge in [0.1, 0.15) is 5.75 Å². The van der Waals surface area contributed by atoms with E-state index < -0.39 is 6.29 Å². The summed E-state index contributed by atoms with van der Waals surface area (Å²) in [4.78, 5) is 11.1. The number of ether oxygens (including phenoxy) is 3. The Morgan fingerprint density at radius 1 is 1.50 bits per heavy atom. The molecule has 0 aliphatic carbocycles. The van der Waals surface area contributed by atoms with Crippen LogP contribution in [0.1, 0.15) is 12.0 Å². The number of hydrogen-bond acceptors (Lipinski definition) is 5. The summed E-state index contributed by atoms with van der Waals surface area (Å²) >= 11 is 0. The molecule has 0 bridgehead atoms. The molecular weight excluding hydrogens is 236 g/mol. The van der Waals surface area contributed by atoms with Gasteiger partial charge in [-0.1, -0.05) is 18.2 Å². The summed E-state index contributed by atoms with van der Waals surface area (Å²) in [5, 5.41) is 9.64. The fraction of sp³-hybridized carbons (Fsp3) is 0.462. The first-order valence-corrected chi connectivity index (χ1v) is 5.80. The van der Waals surface area contributed by atoms with Gasteiger partial charge in [0.2, 0.25) is 0 Å². The van der Waals surface area contributed by atoms with Gasteiger partial charge < -0.3 is 19.3 Å². The molecule has 1 aliphatic rings. The number of aromatic hydroxyl groups is 1. The molecule has 1 saturated heterocycles. The second-order valence-corrected chi connectivity index (χ2v) is 4.13. The lowest BCUT2D eigenvalue weighted by atomic mass is 10.1. The molecule has 0 spiro atoms. The quantitative estimate of drug-likeness (QED) is 0.817. The third kappa shape index (κ3) is 3.21.